The summed E-state index contributed by atoms with van der Waals surface area (Å²) in [6.07, 6.45) is -0.542. The third kappa shape index (κ3) is 3.57. The Morgan fingerprint density at radius 3 is 2.50 bits per heavy atom. The van der Waals surface area contributed by atoms with Crippen molar-refractivity contribution in [1.29, 1.82) is 0 Å². The van der Waals surface area contributed by atoms with Gasteiger partial charge in [-0.3, -0.25) is 4.79 Å². The lowest BCUT2D eigenvalue weighted by Crippen LogP contribution is -2.13. The van der Waals surface area contributed by atoms with E-state index in [0.29, 0.717) is 5.56 Å². The van der Waals surface area contributed by atoms with Gasteiger partial charge in [0.1, 0.15) is 0 Å². The van der Waals surface area contributed by atoms with Crippen LogP contribution in [0.5, 0.6) is 0 Å². The zero-order valence-corrected chi connectivity index (χ0v) is 11.8. The van der Waals surface area contributed by atoms with Crippen LogP contribution in [0.3, 0.4) is 0 Å². The molecule has 0 aliphatic carbocycles. The van der Waals surface area contributed by atoms with Crippen LogP contribution in [0.15, 0.2) is 27.1 Å². The van der Waals surface area contributed by atoms with Gasteiger partial charge in [-0.15, -0.1) is 0 Å². The Morgan fingerprint density at radius 1 is 1.38 bits per heavy atom. The van der Waals surface area contributed by atoms with Crippen molar-refractivity contribution in [3.8, 4) is 0 Å². The molecule has 0 fully saturated rings. The van der Waals surface area contributed by atoms with E-state index in [1.807, 2.05) is 6.07 Å². The van der Waals surface area contributed by atoms with Gasteiger partial charge >= 0.3 is 5.97 Å². The van der Waals surface area contributed by atoms with E-state index in [1.165, 1.54) is 0 Å². The molecule has 2 N–H and O–H groups in total. The summed E-state index contributed by atoms with van der Waals surface area (Å²) in [6, 6.07) is 5.37. The number of aliphatic hydroxyl groups is 1. The zero-order valence-electron chi connectivity index (χ0n) is 8.65. The van der Waals surface area contributed by atoms with E-state index in [2.05, 4.69) is 31.9 Å². The Morgan fingerprint density at radius 2 is 2.00 bits per heavy atom. The highest BCUT2D eigenvalue weighted by Crippen LogP contribution is 2.28. The summed E-state index contributed by atoms with van der Waals surface area (Å²) in [6.45, 7) is 1.58. The average molecular weight is 352 g/mol. The molecule has 0 aromatic heterocycles. The topological polar surface area (TPSA) is 57.5 Å². The van der Waals surface area contributed by atoms with E-state index < -0.39 is 18.0 Å². The number of aliphatic hydroxyl groups excluding tert-OH is 1. The molecule has 0 aliphatic rings. The van der Waals surface area contributed by atoms with Gasteiger partial charge in [0.2, 0.25) is 0 Å². The second-order valence-corrected chi connectivity index (χ2v) is 5.37. The number of rotatable bonds is 4. The first-order chi connectivity index (χ1) is 7.41. The van der Waals surface area contributed by atoms with Crippen LogP contribution >= 0.6 is 31.9 Å². The van der Waals surface area contributed by atoms with Crippen LogP contribution in [0.25, 0.3) is 0 Å². The van der Waals surface area contributed by atoms with Gasteiger partial charge in [-0.05, 0) is 56.0 Å². The van der Waals surface area contributed by atoms with Crippen LogP contribution in [0, 0.1) is 5.92 Å². The van der Waals surface area contributed by atoms with Crippen molar-refractivity contribution in [3.63, 3.8) is 0 Å². The number of hydrogen-bond acceptors (Lipinski definition) is 2. The lowest BCUT2D eigenvalue weighted by molar-refractivity contribution is -0.142. The first-order valence-electron chi connectivity index (χ1n) is 4.77. The molecule has 0 saturated heterocycles. The molecule has 0 amide bonds. The first-order valence-corrected chi connectivity index (χ1v) is 6.36. The maximum atomic E-state index is 10.7. The van der Waals surface area contributed by atoms with E-state index in [-0.39, 0.29) is 6.42 Å². The molecule has 0 aliphatic heterocycles. The highest BCUT2D eigenvalue weighted by atomic mass is 79.9. The van der Waals surface area contributed by atoms with Crippen LogP contribution in [-0.2, 0) is 4.79 Å². The molecule has 5 heteroatoms. The van der Waals surface area contributed by atoms with E-state index >= 15 is 0 Å². The Hall–Kier alpha value is -0.390. The van der Waals surface area contributed by atoms with E-state index in [9.17, 15) is 9.90 Å². The highest BCUT2D eigenvalue weighted by molar-refractivity contribution is 9.13. The van der Waals surface area contributed by atoms with Gasteiger partial charge in [0.15, 0.2) is 0 Å². The summed E-state index contributed by atoms with van der Waals surface area (Å²) in [5, 5.41) is 18.6. The molecule has 1 rings (SSSR count). The molecule has 0 bridgehead atoms. The SMILES string of the molecule is CC(CC(O)c1ccc(Br)c(Br)c1)C(=O)O. The summed E-state index contributed by atoms with van der Waals surface area (Å²) >= 11 is 6.67. The molecule has 88 valence electrons. The fraction of sp³-hybridized carbons (Fsp3) is 0.364. The molecule has 0 heterocycles. The number of carbonyl (C=O) groups is 1. The summed E-state index contributed by atoms with van der Waals surface area (Å²) in [7, 11) is 0. The molecule has 2 atom stereocenters. The van der Waals surface area contributed by atoms with Gasteiger partial charge in [0.05, 0.1) is 12.0 Å². The molecule has 0 spiro atoms. The van der Waals surface area contributed by atoms with Crippen molar-refractivity contribution in [2.24, 2.45) is 5.92 Å². The number of halogens is 2. The first kappa shape index (κ1) is 13.7. The molecule has 0 radical (unpaired) electrons. The number of hydrogen-bond donors (Lipinski definition) is 2. The molecule has 2 unspecified atom stereocenters. The molecule has 3 nitrogen and oxygen atoms in total. The average Bonchev–Trinajstić information content (AvgIpc) is 2.21. The summed E-state index contributed by atoms with van der Waals surface area (Å²) in [4.78, 5) is 10.7. The Bertz CT molecular complexity index is 393. The molecule has 0 saturated carbocycles. The largest absolute Gasteiger partial charge is 0.481 e. The minimum Gasteiger partial charge on any atom is -0.481 e. The van der Waals surface area contributed by atoms with Crippen molar-refractivity contribution < 1.29 is 15.0 Å². The molecular formula is C11H12Br2O3. The van der Waals surface area contributed by atoms with Crippen molar-refractivity contribution >= 4 is 37.8 Å². The van der Waals surface area contributed by atoms with E-state index in [1.54, 1.807) is 19.1 Å². The van der Waals surface area contributed by atoms with Crippen LogP contribution in [0.1, 0.15) is 25.0 Å². The quantitative estimate of drug-likeness (QED) is 0.874. The normalized spacial score (nSPS) is 14.5. The summed E-state index contributed by atoms with van der Waals surface area (Å²) in [5.41, 5.74) is 0.711. The third-order valence-electron chi connectivity index (χ3n) is 2.33. The van der Waals surface area contributed by atoms with Crippen molar-refractivity contribution in [3.05, 3.63) is 32.7 Å². The predicted octanol–water partition coefficient (Wildman–Crippen LogP) is 3.36. The highest BCUT2D eigenvalue weighted by Gasteiger charge is 2.18. The van der Waals surface area contributed by atoms with Crippen LogP contribution in [0.4, 0.5) is 0 Å². The smallest absolute Gasteiger partial charge is 0.306 e. The lowest BCUT2D eigenvalue weighted by Gasteiger charge is -2.14. The van der Waals surface area contributed by atoms with Crippen molar-refractivity contribution in [1.82, 2.24) is 0 Å². The molecule has 1 aromatic carbocycles. The van der Waals surface area contributed by atoms with Crippen molar-refractivity contribution in [2.45, 2.75) is 19.4 Å². The monoisotopic (exact) mass is 350 g/mol. The van der Waals surface area contributed by atoms with Crippen LogP contribution in [-0.4, -0.2) is 16.2 Å². The maximum Gasteiger partial charge on any atom is 0.306 e. The molecule has 16 heavy (non-hydrogen) atoms. The van der Waals surface area contributed by atoms with Gasteiger partial charge in [0.25, 0.3) is 0 Å². The second kappa shape index (κ2) is 5.80. The number of carboxylic acid groups (broad SMARTS) is 1. The molecule has 1 aromatic rings. The Kier molecular flexibility index (Phi) is 4.95. The maximum absolute atomic E-state index is 10.7. The van der Waals surface area contributed by atoms with E-state index in [0.717, 1.165) is 8.95 Å². The van der Waals surface area contributed by atoms with Gasteiger partial charge in [0, 0.05) is 8.95 Å². The minimum absolute atomic E-state index is 0.212. The Balaban J connectivity index is 2.76. The fourth-order valence-electron chi connectivity index (χ4n) is 1.29. The number of aliphatic carboxylic acids is 1. The van der Waals surface area contributed by atoms with Gasteiger partial charge in [-0.25, -0.2) is 0 Å². The lowest BCUT2D eigenvalue weighted by atomic mass is 9.98. The number of carboxylic acids is 1. The Labute approximate surface area is 111 Å². The predicted molar refractivity (Wildman–Crippen MR) is 68.2 cm³/mol. The van der Waals surface area contributed by atoms with Gasteiger partial charge in [-0.1, -0.05) is 13.0 Å². The second-order valence-electron chi connectivity index (χ2n) is 3.66. The standard InChI is InChI=1S/C11H12Br2O3/c1-6(11(15)16)4-10(14)7-2-3-8(12)9(13)5-7/h2-3,5-6,10,14H,4H2,1H3,(H,15,16). The zero-order chi connectivity index (χ0) is 12.3. The molecular weight excluding hydrogens is 340 g/mol. The van der Waals surface area contributed by atoms with Crippen LogP contribution in [0.2, 0.25) is 0 Å². The summed E-state index contributed by atoms with van der Waals surface area (Å²) < 4.78 is 1.74. The fourth-order valence-corrected chi connectivity index (χ4v) is 1.93. The minimum atomic E-state index is -0.893. The van der Waals surface area contributed by atoms with E-state index in [4.69, 9.17) is 5.11 Å². The van der Waals surface area contributed by atoms with Crippen molar-refractivity contribution in [2.75, 3.05) is 0 Å². The van der Waals surface area contributed by atoms with Gasteiger partial charge in [-0.2, -0.15) is 0 Å². The summed E-state index contributed by atoms with van der Waals surface area (Å²) in [5.74, 6) is -1.45. The van der Waals surface area contributed by atoms with Gasteiger partial charge < -0.3 is 10.2 Å². The number of benzene rings is 1. The third-order valence-corrected chi connectivity index (χ3v) is 4.21. The van der Waals surface area contributed by atoms with Crippen LogP contribution < -0.4 is 0 Å².